The van der Waals surface area contributed by atoms with Gasteiger partial charge in [-0.1, -0.05) is 0 Å². The minimum absolute atomic E-state index is 0.00736. The Kier molecular flexibility index (Phi) is 3.63. The largest absolute Gasteiger partial charge is 0.329 e. The molecule has 1 N–H and O–H groups in total. The van der Waals surface area contributed by atoms with Gasteiger partial charge in [-0.15, -0.1) is 0 Å². The molecule has 80 valence electrons. The Hall–Kier alpha value is -0.900. The summed E-state index contributed by atoms with van der Waals surface area (Å²) in [5, 5.41) is 2.99. The van der Waals surface area contributed by atoms with E-state index in [1.165, 1.54) is 6.92 Å². The van der Waals surface area contributed by atoms with Gasteiger partial charge in [-0.2, -0.15) is 0 Å². The summed E-state index contributed by atoms with van der Waals surface area (Å²) >= 11 is 0. The number of likely N-dealkylation sites (tertiary alicyclic amines) is 1. The van der Waals surface area contributed by atoms with Crippen molar-refractivity contribution in [1.82, 2.24) is 10.2 Å². The lowest BCUT2D eigenvalue weighted by atomic mass is 9.87. The molecule has 14 heavy (non-hydrogen) atoms. The van der Waals surface area contributed by atoms with Crippen molar-refractivity contribution >= 4 is 12.2 Å². The van der Waals surface area contributed by atoms with E-state index in [0.717, 1.165) is 25.5 Å². The topological polar surface area (TPSA) is 49.4 Å². The van der Waals surface area contributed by atoms with Gasteiger partial charge >= 0.3 is 0 Å². The van der Waals surface area contributed by atoms with Gasteiger partial charge in [0.25, 0.3) is 0 Å². The van der Waals surface area contributed by atoms with E-state index in [9.17, 15) is 9.59 Å². The van der Waals surface area contributed by atoms with E-state index in [1.54, 1.807) is 11.9 Å². The zero-order chi connectivity index (χ0) is 10.6. The zero-order valence-corrected chi connectivity index (χ0v) is 8.88. The Labute approximate surface area is 84.7 Å². The van der Waals surface area contributed by atoms with E-state index in [1.807, 2.05) is 0 Å². The first-order valence-electron chi connectivity index (χ1n) is 5.05. The van der Waals surface area contributed by atoms with Crippen molar-refractivity contribution in [3.05, 3.63) is 0 Å². The van der Waals surface area contributed by atoms with Crippen molar-refractivity contribution in [3.63, 3.8) is 0 Å². The third-order valence-electron chi connectivity index (χ3n) is 2.86. The Morgan fingerprint density at radius 1 is 1.57 bits per heavy atom. The summed E-state index contributed by atoms with van der Waals surface area (Å²) in [6.45, 7) is 2.78. The number of hydrogen-bond donors (Lipinski definition) is 1. The SMILES string of the molecule is CNCC1(C=O)CCCCN1C(C)=O. The van der Waals surface area contributed by atoms with Gasteiger partial charge in [0.2, 0.25) is 5.91 Å². The number of amides is 1. The average molecular weight is 198 g/mol. The van der Waals surface area contributed by atoms with Crippen molar-refractivity contribution in [2.24, 2.45) is 0 Å². The lowest BCUT2D eigenvalue weighted by molar-refractivity contribution is -0.142. The lowest BCUT2D eigenvalue weighted by Gasteiger charge is -2.43. The minimum atomic E-state index is -0.598. The van der Waals surface area contributed by atoms with Crippen LogP contribution >= 0.6 is 0 Å². The molecule has 1 unspecified atom stereocenters. The molecule has 0 saturated carbocycles. The first-order valence-corrected chi connectivity index (χ1v) is 5.05. The summed E-state index contributed by atoms with van der Waals surface area (Å²) in [5.41, 5.74) is -0.598. The molecule has 4 nitrogen and oxygen atoms in total. The molecule has 1 atom stereocenters. The van der Waals surface area contributed by atoms with Gasteiger partial charge in [0.1, 0.15) is 11.8 Å². The molecule has 0 bridgehead atoms. The highest BCUT2D eigenvalue weighted by molar-refractivity contribution is 5.80. The first kappa shape index (κ1) is 11.2. The van der Waals surface area contributed by atoms with Gasteiger partial charge in [-0.25, -0.2) is 0 Å². The van der Waals surface area contributed by atoms with Crippen LogP contribution in [-0.2, 0) is 9.59 Å². The van der Waals surface area contributed by atoms with E-state index in [2.05, 4.69) is 5.32 Å². The van der Waals surface area contributed by atoms with Gasteiger partial charge in [0.15, 0.2) is 0 Å². The molecule has 0 spiro atoms. The summed E-state index contributed by atoms with van der Waals surface area (Å²) in [4.78, 5) is 24.2. The van der Waals surface area contributed by atoms with Gasteiger partial charge < -0.3 is 15.0 Å². The lowest BCUT2D eigenvalue weighted by Crippen LogP contribution is -2.59. The number of piperidine rings is 1. The van der Waals surface area contributed by atoms with Crippen LogP contribution in [0, 0.1) is 0 Å². The Balaban J connectivity index is 2.86. The number of nitrogens with one attached hydrogen (secondary N) is 1. The van der Waals surface area contributed by atoms with E-state index in [-0.39, 0.29) is 5.91 Å². The van der Waals surface area contributed by atoms with E-state index < -0.39 is 5.54 Å². The molecule has 1 aliphatic rings. The second-order valence-corrected chi connectivity index (χ2v) is 3.88. The maximum absolute atomic E-state index is 11.4. The Morgan fingerprint density at radius 3 is 2.79 bits per heavy atom. The number of carbonyl (C=O) groups excluding carboxylic acids is 2. The number of rotatable bonds is 3. The molecule has 1 aliphatic heterocycles. The maximum atomic E-state index is 11.4. The average Bonchev–Trinajstić information content (AvgIpc) is 2.18. The summed E-state index contributed by atoms with van der Waals surface area (Å²) in [5.74, 6) is -0.00736. The normalized spacial score (nSPS) is 27.4. The van der Waals surface area contributed by atoms with Gasteiger partial charge in [-0.05, 0) is 26.3 Å². The fourth-order valence-electron chi connectivity index (χ4n) is 2.18. The van der Waals surface area contributed by atoms with Crippen LogP contribution in [0.25, 0.3) is 0 Å². The number of aldehydes is 1. The molecule has 0 aliphatic carbocycles. The van der Waals surface area contributed by atoms with Gasteiger partial charge in [-0.3, -0.25) is 4.79 Å². The molecule has 4 heteroatoms. The quantitative estimate of drug-likeness (QED) is 0.658. The fraction of sp³-hybridized carbons (Fsp3) is 0.800. The van der Waals surface area contributed by atoms with Gasteiger partial charge in [0.05, 0.1) is 0 Å². The van der Waals surface area contributed by atoms with Crippen LogP contribution in [0.4, 0.5) is 0 Å². The van der Waals surface area contributed by atoms with Crippen LogP contribution in [-0.4, -0.2) is 42.8 Å². The van der Waals surface area contributed by atoms with Crippen molar-refractivity contribution in [2.45, 2.75) is 31.7 Å². The molecule has 0 aromatic rings. The summed E-state index contributed by atoms with van der Waals surface area (Å²) in [6, 6.07) is 0. The highest BCUT2D eigenvalue weighted by Gasteiger charge is 2.39. The number of carbonyl (C=O) groups is 2. The minimum Gasteiger partial charge on any atom is -0.329 e. The van der Waals surface area contributed by atoms with E-state index >= 15 is 0 Å². The second-order valence-electron chi connectivity index (χ2n) is 3.88. The summed E-state index contributed by atoms with van der Waals surface area (Å²) < 4.78 is 0. The third kappa shape index (κ3) is 1.95. The van der Waals surface area contributed by atoms with E-state index in [0.29, 0.717) is 13.1 Å². The molecule has 1 amide bonds. The van der Waals surface area contributed by atoms with Crippen molar-refractivity contribution in [2.75, 3.05) is 20.1 Å². The van der Waals surface area contributed by atoms with Crippen LogP contribution in [0.3, 0.4) is 0 Å². The predicted molar refractivity (Wildman–Crippen MR) is 54.0 cm³/mol. The van der Waals surface area contributed by atoms with Crippen LogP contribution in [0.5, 0.6) is 0 Å². The zero-order valence-electron chi connectivity index (χ0n) is 8.88. The standard InChI is InChI=1S/C10H18N2O2/c1-9(14)12-6-4-3-5-10(12,8-13)7-11-2/h8,11H,3-7H2,1-2H3. The maximum Gasteiger partial charge on any atom is 0.220 e. The van der Waals surface area contributed by atoms with Crippen molar-refractivity contribution in [1.29, 1.82) is 0 Å². The molecule has 0 aromatic carbocycles. The van der Waals surface area contributed by atoms with Crippen LogP contribution in [0.2, 0.25) is 0 Å². The molecular weight excluding hydrogens is 180 g/mol. The van der Waals surface area contributed by atoms with Gasteiger partial charge in [0, 0.05) is 20.0 Å². The number of likely N-dealkylation sites (N-methyl/N-ethyl adjacent to an activating group) is 1. The Morgan fingerprint density at radius 2 is 2.29 bits per heavy atom. The molecule has 1 rings (SSSR count). The highest BCUT2D eigenvalue weighted by Crippen LogP contribution is 2.25. The highest BCUT2D eigenvalue weighted by atomic mass is 16.2. The first-order chi connectivity index (χ1) is 6.66. The number of nitrogens with zero attached hydrogens (tertiary/aromatic N) is 1. The molecule has 1 saturated heterocycles. The smallest absolute Gasteiger partial charge is 0.220 e. The van der Waals surface area contributed by atoms with Crippen molar-refractivity contribution in [3.8, 4) is 0 Å². The molecule has 1 heterocycles. The van der Waals surface area contributed by atoms with Crippen LogP contribution in [0.15, 0.2) is 0 Å². The molecular formula is C10H18N2O2. The van der Waals surface area contributed by atoms with E-state index in [4.69, 9.17) is 0 Å². The van der Waals surface area contributed by atoms with Crippen LogP contribution < -0.4 is 5.32 Å². The molecule has 0 aromatic heterocycles. The fourth-order valence-corrected chi connectivity index (χ4v) is 2.18. The third-order valence-corrected chi connectivity index (χ3v) is 2.86. The van der Waals surface area contributed by atoms with Crippen LogP contribution in [0.1, 0.15) is 26.2 Å². The summed E-state index contributed by atoms with van der Waals surface area (Å²) in [7, 11) is 1.80. The monoisotopic (exact) mass is 198 g/mol. The second kappa shape index (κ2) is 4.55. The summed E-state index contributed by atoms with van der Waals surface area (Å²) in [6.07, 6.45) is 3.71. The Bertz CT molecular complexity index is 226. The van der Waals surface area contributed by atoms with Crippen molar-refractivity contribution < 1.29 is 9.59 Å². The number of hydrogen-bond acceptors (Lipinski definition) is 3. The molecule has 1 fully saturated rings. The predicted octanol–water partition coefficient (Wildman–Crippen LogP) is 0.176. The molecule has 0 radical (unpaired) electrons.